The highest BCUT2D eigenvalue weighted by atomic mass is 35.5. The zero-order valence-electron chi connectivity index (χ0n) is 13.4. The summed E-state index contributed by atoms with van der Waals surface area (Å²) in [5.41, 5.74) is 0.592. The van der Waals surface area contributed by atoms with Crippen molar-refractivity contribution in [3.05, 3.63) is 70.3 Å². The number of amides is 1. The lowest BCUT2D eigenvalue weighted by molar-refractivity contribution is -0.130. The Morgan fingerprint density at radius 2 is 2.16 bits per heavy atom. The molecule has 0 saturated carbocycles. The number of carbonyl (C=O) groups excluding carboxylic acids is 2. The summed E-state index contributed by atoms with van der Waals surface area (Å²) in [6, 6.07) is 9.11. The van der Waals surface area contributed by atoms with E-state index in [1.807, 2.05) is 0 Å². The van der Waals surface area contributed by atoms with E-state index in [1.54, 1.807) is 30.3 Å². The summed E-state index contributed by atoms with van der Waals surface area (Å²) in [7, 11) is 1.51. The molecule has 3 rings (SSSR count). The first-order chi connectivity index (χ1) is 12.0. The molecule has 0 spiro atoms. The molecule has 0 aliphatic carbocycles. The Bertz CT molecular complexity index is 828. The molecular weight excluding hydrogens is 346 g/mol. The average molecular weight is 362 g/mol. The number of aliphatic hydroxyl groups is 1. The van der Waals surface area contributed by atoms with Crippen molar-refractivity contribution < 1.29 is 23.8 Å². The largest absolute Gasteiger partial charge is 0.503 e. The lowest BCUT2D eigenvalue weighted by Gasteiger charge is -2.26. The number of nitrogens with zero attached hydrogens (tertiary/aromatic N) is 1. The second kappa shape index (κ2) is 7.13. The second-order valence-corrected chi connectivity index (χ2v) is 5.95. The van der Waals surface area contributed by atoms with Gasteiger partial charge in [-0.2, -0.15) is 0 Å². The molecule has 1 aliphatic heterocycles. The van der Waals surface area contributed by atoms with Gasteiger partial charge < -0.3 is 19.2 Å². The third-order valence-corrected chi connectivity index (χ3v) is 4.23. The molecule has 0 radical (unpaired) electrons. The lowest BCUT2D eigenvalue weighted by Crippen LogP contribution is -2.34. The molecule has 0 bridgehead atoms. The highest BCUT2D eigenvalue weighted by Crippen LogP contribution is 2.39. The fourth-order valence-corrected chi connectivity index (χ4v) is 3.07. The third kappa shape index (κ3) is 3.18. The van der Waals surface area contributed by atoms with Crippen molar-refractivity contribution in [2.75, 3.05) is 20.3 Å². The molecule has 7 heteroatoms. The maximum atomic E-state index is 12.8. The maximum Gasteiger partial charge on any atom is 0.290 e. The highest BCUT2D eigenvalue weighted by Gasteiger charge is 2.44. The zero-order valence-corrected chi connectivity index (χ0v) is 14.2. The predicted molar refractivity (Wildman–Crippen MR) is 90.5 cm³/mol. The van der Waals surface area contributed by atoms with Crippen LogP contribution in [0.1, 0.15) is 22.2 Å². The Kier molecular flexibility index (Phi) is 4.92. The average Bonchev–Trinajstić information content (AvgIpc) is 3.21. The van der Waals surface area contributed by atoms with Gasteiger partial charge in [-0.3, -0.25) is 9.59 Å². The number of rotatable bonds is 6. The number of ether oxygens (including phenoxy) is 1. The van der Waals surface area contributed by atoms with Crippen LogP contribution in [0.4, 0.5) is 0 Å². The van der Waals surface area contributed by atoms with Crippen molar-refractivity contribution in [1.82, 2.24) is 4.90 Å². The normalized spacial score (nSPS) is 17.4. The molecule has 1 N–H and O–H groups in total. The van der Waals surface area contributed by atoms with Crippen LogP contribution in [0.3, 0.4) is 0 Å². The number of halogens is 1. The number of benzene rings is 1. The summed E-state index contributed by atoms with van der Waals surface area (Å²) in [4.78, 5) is 26.7. The molecule has 1 aromatic heterocycles. The van der Waals surface area contributed by atoms with Crippen LogP contribution in [0.2, 0.25) is 5.02 Å². The molecule has 0 unspecified atom stereocenters. The fraction of sp³-hybridized carbons (Fsp3) is 0.222. The summed E-state index contributed by atoms with van der Waals surface area (Å²) < 4.78 is 10.2. The van der Waals surface area contributed by atoms with Crippen molar-refractivity contribution in [3.63, 3.8) is 0 Å². The van der Waals surface area contributed by atoms with Gasteiger partial charge >= 0.3 is 0 Å². The summed E-state index contributed by atoms with van der Waals surface area (Å²) >= 11 is 6.06. The topological polar surface area (TPSA) is 80.0 Å². The molecule has 1 aromatic carbocycles. The smallest absolute Gasteiger partial charge is 0.290 e. The number of hydrogen-bond donors (Lipinski definition) is 1. The second-order valence-electron chi connectivity index (χ2n) is 5.52. The minimum Gasteiger partial charge on any atom is -0.503 e. The van der Waals surface area contributed by atoms with Crippen molar-refractivity contribution in [2.24, 2.45) is 0 Å². The van der Waals surface area contributed by atoms with E-state index in [1.165, 1.54) is 24.3 Å². The van der Waals surface area contributed by atoms with Crippen molar-refractivity contribution in [2.45, 2.75) is 6.04 Å². The Hall–Kier alpha value is -2.57. The van der Waals surface area contributed by atoms with Crippen LogP contribution in [0.5, 0.6) is 0 Å². The summed E-state index contributed by atoms with van der Waals surface area (Å²) in [6.45, 7) is 0.476. The van der Waals surface area contributed by atoms with Gasteiger partial charge in [0.1, 0.15) is 0 Å². The number of hydrogen-bond acceptors (Lipinski definition) is 5. The number of methoxy groups -OCH3 is 1. The van der Waals surface area contributed by atoms with Crippen LogP contribution in [-0.2, 0) is 9.53 Å². The van der Waals surface area contributed by atoms with E-state index >= 15 is 0 Å². The van der Waals surface area contributed by atoms with E-state index in [0.717, 1.165) is 0 Å². The predicted octanol–water partition coefficient (Wildman–Crippen LogP) is 3.16. The number of carbonyl (C=O) groups is 2. The SMILES string of the molecule is COCCN1C(=O)C(O)=C(C(=O)c2ccco2)[C@@H]1c1cccc(Cl)c1. The number of aliphatic hydroxyl groups excluding tert-OH is 1. The third-order valence-electron chi connectivity index (χ3n) is 3.99. The first-order valence-corrected chi connectivity index (χ1v) is 7.99. The van der Waals surface area contributed by atoms with Crippen molar-refractivity contribution in [1.29, 1.82) is 0 Å². The fourth-order valence-electron chi connectivity index (χ4n) is 2.87. The van der Waals surface area contributed by atoms with E-state index < -0.39 is 23.5 Å². The van der Waals surface area contributed by atoms with Gasteiger partial charge in [-0.05, 0) is 29.8 Å². The van der Waals surface area contributed by atoms with E-state index in [2.05, 4.69) is 0 Å². The van der Waals surface area contributed by atoms with Crippen LogP contribution in [-0.4, -0.2) is 42.0 Å². The Morgan fingerprint density at radius 3 is 2.80 bits per heavy atom. The van der Waals surface area contributed by atoms with Crippen LogP contribution in [0, 0.1) is 0 Å². The van der Waals surface area contributed by atoms with E-state index in [-0.39, 0.29) is 24.5 Å². The minimum atomic E-state index is -0.765. The van der Waals surface area contributed by atoms with Gasteiger partial charge in [0.25, 0.3) is 5.91 Å². The number of ketones is 1. The summed E-state index contributed by atoms with van der Waals surface area (Å²) in [6.07, 6.45) is 1.36. The Morgan fingerprint density at radius 1 is 1.36 bits per heavy atom. The molecule has 2 heterocycles. The molecule has 2 aromatic rings. The molecule has 0 saturated heterocycles. The minimum absolute atomic E-state index is 0.0293. The van der Waals surface area contributed by atoms with Crippen LogP contribution < -0.4 is 0 Å². The van der Waals surface area contributed by atoms with E-state index in [9.17, 15) is 14.7 Å². The van der Waals surface area contributed by atoms with Gasteiger partial charge in [-0.25, -0.2) is 0 Å². The first-order valence-electron chi connectivity index (χ1n) is 7.61. The number of Topliss-reactive ketones (excluding diaryl/α,β-unsaturated/α-hetero) is 1. The van der Waals surface area contributed by atoms with E-state index in [0.29, 0.717) is 10.6 Å². The quantitative estimate of drug-likeness (QED) is 0.799. The highest BCUT2D eigenvalue weighted by molar-refractivity contribution is 6.30. The summed E-state index contributed by atoms with van der Waals surface area (Å²) in [5, 5.41) is 10.8. The van der Waals surface area contributed by atoms with Crippen LogP contribution in [0.15, 0.2) is 58.4 Å². The monoisotopic (exact) mass is 361 g/mol. The zero-order chi connectivity index (χ0) is 18.0. The van der Waals surface area contributed by atoms with Crippen molar-refractivity contribution >= 4 is 23.3 Å². The Balaban J connectivity index is 2.08. The molecule has 25 heavy (non-hydrogen) atoms. The van der Waals surface area contributed by atoms with Crippen LogP contribution in [0.25, 0.3) is 0 Å². The molecule has 0 fully saturated rings. The van der Waals surface area contributed by atoms with Crippen LogP contribution >= 0.6 is 11.6 Å². The standard InChI is InChI=1S/C18H16ClNO5/c1-24-9-7-20-15(11-4-2-5-12(19)10-11)14(17(22)18(20)23)16(21)13-6-3-8-25-13/h2-6,8,10,15,22H,7,9H2,1H3/t15-/m0/s1. The van der Waals surface area contributed by atoms with Gasteiger partial charge in [0.05, 0.1) is 24.5 Å². The number of furan rings is 1. The molecule has 1 aliphatic rings. The van der Waals surface area contributed by atoms with Gasteiger partial charge in [0.15, 0.2) is 11.5 Å². The molecular formula is C18H16ClNO5. The maximum absolute atomic E-state index is 12.8. The summed E-state index contributed by atoms with van der Waals surface area (Å²) in [5.74, 6) is -1.70. The molecule has 1 amide bonds. The molecule has 130 valence electrons. The molecule has 6 nitrogen and oxygen atoms in total. The van der Waals surface area contributed by atoms with Crippen molar-refractivity contribution in [3.8, 4) is 0 Å². The van der Waals surface area contributed by atoms with Gasteiger partial charge in [0.2, 0.25) is 5.78 Å². The van der Waals surface area contributed by atoms with Gasteiger partial charge in [-0.15, -0.1) is 0 Å². The van der Waals surface area contributed by atoms with E-state index in [4.69, 9.17) is 20.8 Å². The Labute approximate surface area is 149 Å². The molecule has 1 atom stereocenters. The lowest BCUT2D eigenvalue weighted by atomic mass is 9.95. The first kappa shape index (κ1) is 17.3. The van der Waals surface area contributed by atoms with Gasteiger partial charge in [0, 0.05) is 18.7 Å². The van der Waals surface area contributed by atoms with Gasteiger partial charge in [-0.1, -0.05) is 23.7 Å².